The standard InChI is InChI=1S/C18H20O3/c1-18(2)11-16(19)15-10-14(8-9-17(15)21-18)20-12-13-6-4-3-5-7-13/h3-10,16,19H,11-12H2,1-2H3/t16-/m1/s1. The van der Waals surface area contributed by atoms with E-state index in [9.17, 15) is 5.11 Å². The van der Waals surface area contributed by atoms with Gasteiger partial charge < -0.3 is 14.6 Å². The van der Waals surface area contributed by atoms with Crippen molar-refractivity contribution in [1.29, 1.82) is 0 Å². The summed E-state index contributed by atoms with van der Waals surface area (Å²) in [6.07, 6.45) is 0.0753. The summed E-state index contributed by atoms with van der Waals surface area (Å²) in [5.41, 5.74) is 1.59. The van der Waals surface area contributed by atoms with Gasteiger partial charge in [0.15, 0.2) is 0 Å². The molecule has 1 heterocycles. The average Bonchev–Trinajstić information content (AvgIpc) is 2.45. The normalized spacial score (nSPS) is 19.5. The van der Waals surface area contributed by atoms with Gasteiger partial charge in [-0.3, -0.25) is 0 Å². The highest BCUT2D eigenvalue weighted by Crippen LogP contribution is 2.40. The van der Waals surface area contributed by atoms with Crippen LogP contribution in [0.4, 0.5) is 0 Å². The number of hydrogen-bond donors (Lipinski definition) is 1. The zero-order valence-electron chi connectivity index (χ0n) is 12.4. The molecule has 0 aromatic heterocycles. The first-order chi connectivity index (χ1) is 10.0. The number of benzene rings is 2. The molecule has 1 aliphatic heterocycles. The van der Waals surface area contributed by atoms with Crippen LogP contribution < -0.4 is 9.47 Å². The van der Waals surface area contributed by atoms with E-state index in [2.05, 4.69) is 0 Å². The third-order valence-corrected chi connectivity index (χ3v) is 3.66. The summed E-state index contributed by atoms with van der Waals surface area (Å²) in [4.78, 5) is 0. The van der Waals surface area contributed by atoms with Gasteiger partial charge in [-0.25, -0.2) is 0 Å². The number of rotatable bonds is 3. The van der Waals surface area contributed by atoms with Gasteiger partial charge in [0, 0.05) is 12.0 Å². The highest BCUT2D eigenvalue weighted by molar-refractivity contribution is 5.43. The Balaban J connectivity index is 1.76. The Hall–Kier alpha value is -2.00. The highest BCUT2D eigenvalue weighted by Gasteiger charge is 2.32. The molecule has 2 aromatic carbocycles. The lowest BCUT2D eigenvalue weighted by Crippen LogP contribution is -2.34. The van der Waals surface area contributed by atoms with E-state index in [1.807, 2.05) is 62.4 Å². The van der Waals surface area contributed by atoms with E-state index >= 15 is 0 Å². The smallest absolute Gasteiger partial charge is 0.126 e. The molecule has 2 aromatic rings. The third kappa shape index (κ3) is 3.19. The summed E-state index contributed by atoms with van der Waals surface area (Å²) in [6.45, 7) is 4.49. The number of hydrogen-bond acceptors (Lipinski definition) is 3. The summed E-state index contributed by atoms with van der Waals surface area (Å²) in [5.74, 6) is 1.49. The van der Waals surface area contributed by atoms with E-state index in [0.29, 0.717) is 13.0 Å². The van der Waals surface area contributed by atoms with Crippen LogP contribution in [0.25, 0.3) is 0 Å². The lowest BCUT2D eigenvalue weighted by Gasteiger charge is -2.35. The van der Waals surface area contributed by atoms with Crippen molar-refractivity contribution >= 4 is 0 Å². The summed E-state index contributed by atoms with van der Waals surface area (Å²) in [7, 11) is 0. The van der Waals surface area contributed by atoms with Gasteiger partial charge in [-0.2, -0.15) is 0 Å². The van der Waals surface area contributed by atoms with E-state index in [1.54, 1.807) is 0 Å². The SMILES string of the molecule is CC1(C)C[C@@H](O)c2cc(OCc3ccccc3)ccc2O1. The van der Waals surface area contributed by atoms with Gasteiger partial charge in [0.25, 0.3) is 0 Å². The Kier molecular flexibility index (Phi) is 3.60. The zero-order valence-corrected chi connectivity index (χ0v) is 12.4. The minimum absolute atomic E-state index is 0.334. The maximum absolute atomic E-state index is 10.3. The predicted molar refractivity (Wildman–Crippen MR) is 81.5 cm³/mol. The fourth-order valence-electron chi connectivity index (χ4n) is 2.63. The molecule has 0 saturated carbocycles. The van der Waals surface area contributed by atoms with Gasteiger partial charge >= 0.3 is 0 Å². The first kappa shape index (κ1) is 14.0. The molecule has 1 N–H and O–H groups in total. The molecule has 3 nitrogen and oxygen atoms in total. The van der Waals surface area contributed by atoms with Crippen LogP contribution >= 0.6 is 0 Å². The molecular formula is C18H20O3. The van der Waals surface area contributed by atoms with Gasteiger partial charge in [-0.15, -0.1) is 0 Å². The van der Waals surface area contributed by atoms with Gasteiger partial charge in [0.1, 0.15) is 23.7 Å². The number of fused-ring (bicyclic) bond motifs is 1. The minimum atomic E-state index is -0.510. The lowest BCUT2D eigenvalue weighted by atomic mass is 9.92. The van der Waals surface area contributed by atoms with Crippen LogP contribution in [0.15, 0.2) is 48.5 Å². The van der Waals surface area contributed by atoms with Crippen LogP contribution in [0, 0.1) is 0 Å². The quantitative estimate of drug-likeness (QED) is 0.930. The minimum Gasteiger partial charge on any atom is -0.489 e. The molecular weight excluding hydrogens is 264 g/mol. The summed E-state index contributed by atoms with van der Waals surface area (Å²) >= 11 is 0. The molecule has 3 rings (SSSR count). The summed E-state index contributed by atoms with van der Waals surface area (Å²) < 4.78 is 11.7. The van der Waals surface area contributed by atoms with Crippen molar-refractivity contribution in [3.05, 3.63) is 59.7 Å². The number of ether oxygens (including phenoxy) is 2. The predicted octanol–water partition coefficient (Wildman–Crippen LogP) is 3.86. The summed E-state index contributed by atoms with van der Waals surface area (Å²) in [6, 6.07) is 15.7. The Morgan fingerprint density at radius 3 is 2.71 bits per heavy atom. The molecule has 0 saturated heterocycles. The van der Waals surface area contributed by atoms with E-state index < -0.39 is 6.10 Å². The Bertz CT molecular complexity index is 620. The maximum atomic E-state index is 10.3. The Morgan fingerprint density at radius 1 is 1.19 bits per heavy atom. The van der Waals surface area contributed by atoms with Gasteiger partial charge in [0.05, 0.1) is 6.10 Å². The Labute approximate surface area is 125 Å². The third-order valence-electron chi connectivity index (χ3n) is 3.66. The molecule has 0 amide bonds. The van der Waals surface area contributed by atoms with Crippen molar-refractivity contribution in [2.24, 2.45) is 0 Å². The largest absolute Gasteiger partial charge is 0.489 e. The number of aliphatic hydroxyl groups is 1. The first-order valence-electron chi connectivity index (χ1n) is 7.21. The van der Waals surface area contributed by atoms with Crippen molar-refractivity contribution < 1.29 is 14.6 Å². The van der Waals surface area contributed by atoms with Gasteiger partial charge in [0.2, 0.25) is 0 Å². The van der Waals surface area contributed by atoms with Crippen molar-refractivity contribution in [1.82, 2.24) is 0 Å². The van der Waals surface area contributed by atoms with Crippen LogP contribution in [0.1, 0.15) is 37.5 Å². The van der Waals surface area contributed by atoms with Crippen molar-refractivity contribution in [2.45, 2.75) is 38.6 Å². The van der Waals surface area contributed by atoms with Gasteiger partial charge in [-0.1, -0.05) is 30.3 Å². The molecule has 0 radical (unpaired) electrons. The molecule has 110 valence electrons. The molecule has 0 unspecified atom stereocenters. The van der Waals surface area contributed by atoms with Crippen molar-refractivity contribution in [3.63, 3.8) is 0 Å². The molecule has 3 heteroatoms. The fraction of sp³-hybridized carbons (Fsp3) is 0.333. The van der Waals surface area contributed by atoms with E-state index in [4.69, 9.17) is 9.47 Å². The average molecular weight is 284 g/mol. The maximum Gasteiger partial charge on any atom is 0.126 e. The van der Waals surface area contributed by atoms with Crippen molar-refractivity contribution in [3.8, 4) is 11.5 Å². The molecule has 1 atom stereocenters. The second-order valence-corrected chi connectivity index (χ2v) is 6.06. The van der Waals surface area contributed by atoms with Crippen LogP contribution in [0.5, 0.6) is 11.5 Å². The molecule has 21 heavy (non-hydrogen) atoms. The van der Waals surface area contributed by atoms with E-state index in [0.717, 1.165) is 22.6 Å². The van der Waals surface area contributed by atoms with Crippen LogP contribution in [0.3, 0.4) is 0 Å². The zero-order chi connectivity index (χ0) is 14.9. The Morgan fingerprint density at radius 2 is 1.95 bits per heavy atom. The van der Waals surface area contributed by atoms with Crippen LogP contribution in [0.2, 0.25) is 0 Å². The second-order valence-electron chi connectivity index (χ2n) is 6.06. The lowest BCUT2D eigenvalue weighted by molar-refractivity contribution is 0.0113. The van der Waals surface area contributed by atoms with Crippen LogP contribution in [-0.4, -0.2) is 10.7 Å². The molecule has 0 aliphatic carbocycles. The second kappa shape index (κ2) is 5.41. The molecule has 0 bridgehead atoms. The topological polar surface area (TPSA) is 38.7 Å². The summed E-state index contributed by atoms with van der Waals surface area (Å²) in [5, 5.41) is 10.3. The fourth-order valence-corrected chi connectivity index (χ4v) is 2.63. The van der Waals surface area contributed by atoms with Crippen LogP contribution in [-0.2, 0) is 6.61 Å². The molecule has 1 aliphatic rings. The molecule has 0 spiro atoms. The first-order valence-corrected chi connectivity index (χ1v) is 7.21. The van der Waals surface area contributed by atoms with E-state index in [-0.39, 0.29) is 5.60 Å². The number of aliphatic hydroxyl groups excluding tert-OH is 1. The van der Waals surface area contributed by atoms with Crippen molar-refractivity contribution in [2.75, 3.05) is 0 Å². The van der Waals surface area contributed by atoms with E-state index in [1.165, 1.54) is 0 Å². The van der Waals surface area contributed by atoms with Gasteiger partial charge in [-0.05, 0) is 37.6 Å². The highest BCUT2D eigenvalue weighted by atomic mass is 16.5. The monoisotopic (exact) mass is 284 g/mol. The molecule has 0 fully saturated rings.